The van der Waals surface area contributed by atoms with E-state index < -0.39 is 6.10 Å². The van der Waals surface area contributed by atoms with E-state index in [9.17, 15) is 14.1 Å². The second-order valence-corrected chi connectivity index (χ2v) is 5.57. The van der Waals surface area contributed by atoms with Crippen LogP contribution in [0.25, 0.3) is 0 Å². The molecule has 1 N–H and O–H groups in total. The number of carbonyl (C=O) groups excluding carboxylic acids is 1. The van der Waals surface area contributed by atoms with Crippen molar-refractivity contribution in [3.63, 3.8) is 0 Å². The zero-order chi connectivity index (χ0) is 10.8. The molecule has 2 aliphatic carbocycles. The maximum absolute atomic E-state index is 11.0. The van der Waals surface area contributed by atoms with Crippen LogP contribution in [0.4, 0.5) is 0 Å². The number of aliphatic hydroxyl groups is 1. The summed E-state index contributed by atoms with van der Waals surface area (Å²) >= 11 is 0.470. The zero-order valence-corrected chi connectivity index (χ0v) is 9.49. The third kappa shape index (κ3) is 1.97. The van der Waals surface area contributed by atoms with Crippen molar-refractivity contribution in [2.75, 3.05) is 0 Å². The Kier molecular flexibility index (Phi) is 3.46. The average Bonchev–Trinajstić information content (AvgIpc) is 2.30. The van der Waals surface area contributed by atoms with E-state index in [0.29, 0.717) is 24.0 Å². The van der Waals surface area contributed by atoms with Crippen molar-refractivity contribution in [2.24, 2.45) is 17.8 Å². The van der Waals surface area contributed by atoms with Gasteiger partial charge in [-0.3, -0.25) is 0 Å². The Labute approximate surface area is 93.7 Å². The van der Waals surface area contributed by atoms with Gasteiger partial charge < -0.3 is 9.90 Å². The molecule has 2 aliphatic rings. The summed E-state index contributed by atoms with van der Waals surface area (Å²) in [6.45, 7) is 0. The molecule has 0 aromatic carbocycles. The van der Waals surface area contributed by atoms with Gasteiger partial charge in [-0.1, -0.05) is 12.8 Å². The molecule has 15 heavy (non-hydrogen) atoms. The van der Waals surface area contributed by atoms with Crippen molar-refractivity contribution in [3.8, 4) is 0 Å². The normalized spacial score (nSPS) is 45.5. The summed E-state index contributed by atoms with van der Waals surface area (Å²) in [4.78, 5) is 11.0. The number of rotatable bonds is 2. The molecule has 2 rings (SSSR count). The van der Waals surface area contributed by atoms with Crippen LogP contribution in [-0.2, 0) is 20.7 Å². The minimum atomic E-state index is -0.492. The minimum absolute atomic E-state index is 0.00477. The molecule has 0 bridgehead atoms. The highest BCUT2D eigenvalue weighted by atomic mass is 32.1. The number of hydrogen-bond acceptors (Lipinski definition) is 3. The fourth-order valence-electron chi connectivity index (χ4n) is 3.25. The molecule has 0 aromatic rings. The lowest BCUT2D eigenvalue weighted by molar-refractivity contribution is -0.117. The van der Waals surface area contributed by atoms with E-state index in [2.05, 4.69) is 0 Å². The van der Waals surface area contributed by atoms with Crippen LogP contribution < -0.4 is 0 Å². The lowest BCUT2D eigenvalue weighted by Crippen LogP contribution is -2.48. The zero-order valence-electron chi connectivity index (χ0n) is 8.67. The molecular formula is C11H17O3S+. The Bertz CT molecular complexity index is 256. The molecule has 5 atom stereocenters. The van der Waals surface area contributed by atoms with Crippen LogP contribution in [0.5, 0.6) is 0 Å². The van der Waals surface area contributed by atoms with E-state index in [1.54, 1.807) is 0 Å². The van der Waals surface area contributed by atoms with Crippen molar-refractivity contribution in [3.05, 3.63) is 0 Å². The minimum Gasteiger partial charge on any atom is -0.387 e. The van der Waals surface area contributed by atoms with Gasteiger partial charge in [0.25, 0.3) is 5.25 Å². The molecular weight excluding hydrogens is 212 g/mol. The first-order valence-corrected chi connectivity index (χ1v) is 6.50. The number of carbonyl (C=O) groups is 1. The molecule has 0 spiro atoms. The smallest absolute Gasteiger partial charge is 0.387 e. The van der Waals surface area contributed by atoms with Crippen LogP contribution in [-0.4, -0.2) is 22.7 Å². The average molecular weight is 229 g/mol. The van der Waals surface area contributed by atoms with Gasteiger partial charge in [0.05, 0.1) is 0 Å². The fraction of sp³-hybridized carbons (Fsp3) is 0.909. The molecule has 0 saturated heterocycles. The van der Waals surface area contributed by atoms with Crippen molar-refractivity contribution < 1.29 is 14.1 Å². The van der Waals surface area contributed by atoms with Crippen LogP contribution in [0.3, 0.4) is 0 Å². The molecule has 3 nitrogen and oxygen atoms in total. The van der Waals surface area contributed by atoms with Crippen molar-refractivity contribution in [2.45, 2.75) is 43.5 Å². The summed E-state index contributed by atoms with van der Waals surface area (Å²) in [5.74, 6) is 0.522. The van der Waals surface area contributed by atoms with Gasteiger partial charge in [-0.05, 0) is 24.7 Å². The van der Waals surface area contributed by atoms with Crippen LogP contribution in [0, 0.1) is 17.8 Å². The molecule has 0 aliphatic heterocycles. The number of fused-ring (bicyclic) bond motifs is 1. The van der Waals surface area contributed by atoms with Gasteiger partial charge in [0.15, 0.2) is 0 Å². The van der Waals surface area contributed by atoms with Crippen molar-refractivity contribution in [1.82, 2.24) is 0 Å². The van der Waals surface area contributed by atoms with Gasteiger partial charge in [-0.25, -0.2) is 0 Å². The largest absolute Gasteiger partial charge is 0.464 e. The standard InChI is InChI=1S/C11H17O3S/c12-6-7-5-10(15-14)11(13)9-4-2-1-3-8(7)9/h6-11,13H,1-5H2/q+1. The van der Waals surface area contributed by atoms with Gasteiger partial charge in [-0.15, -0.1) is 0 Å². The summed E-state index contributed by atoms with van der Waals surface area (Å²) in [6, 6.07) is 0. The summed E-state index contributed by atoms with van der Waals surface area (Å²) in [7, 11) is 0. The monoisotopic (exact) mass is 229 g/mol. The Morgan fingerprint density at radius 2 is 1.87 bits per heavy atom. The highest BCUT2D eigenvalue weighted by Crippen LogP contribution is 2.43. The Morgan fingerprint density at radius 3 is 2.47 bits per heavy atom. The maximum Gasteiger partial charge on any atom is 0.464 e. The van der Waals surface area contributed by atoms with Crippen LogP contribution in [0.15, 0.2) is 0 Å². The van der Waals surface area contributed by atoms with Gasteiger partial charge in [-0.2, -0.15) is 0 Å². The summed E-state index contributed by atoms with van der Waals surface area (Å²) in [5, 5.41) is 9.76. The molecule has 84 valence electrons. The lowest BCUT2D eigenvalue weighted by Gasteiger charge is -2.41. The van der Waals surface area contributed by atoms with Crippen LogP contribution in [0.1, 0.15) is 32.1 Å². The molecule has 0 radical (unpaired) electrons. The first-order chi connectivity index (χ1) is 7.27. The summed E-state index contributed by atoms with van der Waals surface area (Å²) < 4.78 is 10.9. The molecule has 2 saturated carbocycles. The molecule has 0 amide bonds. The Hall–Kier alpha value is -0.350. The summed E-state index contributed by atoms with van der Waals surface area (Å²) in [6.07, 6.45) is 5.38. The van der Waals surface area contributed by atoms with E-state index in [-0.39, 0.29) is 17.1 Å². The van der Waals surface area contributed by atoms with Crippen molar-refractivity contribution >= 4 is 18.0 Å². The Morgan fingerprint density at radius 1 is 1.20 bits per heavy atom. The lowest BCUT2D eigenvalue weighted by atomic mass is 9.64. The maximum atomic E-state index is 11.0. The van der Waals surface area contributed by atoms with Crippen LogP contribution >= 0.6 is 0 Å². The number of aliphatic hydroxyl groups excluding tert-OH is 1. The predicted octanol–water partition coefficient (Wildman–Crippen LogP) is 1.17. The van der Waals surface area contributed by atoms with Gasteiger partial charge in [0.1, 0.15) is 12.4 Å². The van der Waals surface area contributed by atoms with E-state index in [1.807, 2.05) is 0 Å². The molecule has 0 aromatic heterocycles. The van der Waals surface area contributed by atoms with Gasteiger partial charge in [0, 0.05) is 16.5 Å². The second-order valence-electron chi connectivity index (χ2n) is 4.77. The third-order valence-electron chi connectivity index (χ3n) is 4.05. The SMILES string of the molecule is O=CC1CC([S+]=O)C(O)C2CCCCC12. The topological polar surface area (TPSA) is 54.4 Å². The quantitative estimate of drug-likeness (QED) is 0.571. The predicted molar refractivity (Wildman–Crippen MR) is 57.5 cm³/mol. The van der Waals surface area contributed by atoms with E-state index in [1.165, 1.54) is 0 Å². The Balaban J connectivity index is 2.17. The van der Waals surface area contributed by atoms with E-state index in [4.69, 9.17) is 0 Å². The van der Waals surface area contributed by atoms with Crippen molar-refractivity contribution in [1.29, 1.82) is 0 Å². The molecule has 5 unspecified atom stereocenters. The van der Waals surface area contributed by atoms with E-state index >= 15 is 0 Å². The molecule has 4 heteroatoms. The highest BCUT2D eigenvalue weighted by Gasteiger charge is 2.50. The summed E-state index contributed by atoms with van der Waals surface area (Å²) in [5.41, 5.74) is 0. The van der Waals surface area contributed by atoms with Gasteiger partial charge in [0.2, 0.25) is 0 Å². The fourth-order valence-corrected chi connectivity index (χ4v) is 3.87. The second kappa shape index (κ2) is 4.66. The molecule has 0 heterocycles. The van der Waals surface area contributed by atoms with Gasteiger partial charge >= 0.3 is 11.7 Å². The van der Waals surface area contributed by atoms with Crippen LogP contribution in [0.2, 0.25) is 0 Å². The highest BCUT2D eigenvalue weighted by molar-refractivity contribution is 7.66. The number of aldehydes is 1. The third-order valence-corrected chi connectivity index (χ3v) is 4.77. The number of hydrogen-bond donors (Lipinski definition) is 1. The molecule has 2 fully saturated rings. The first kappa shape index (κ1) is 11.1. The first-order valence-electron chi connectivity index (χ1n) is 5.70. The van der Waals surface area contributed by atoms with E-state index in [0.717, 1.165) is 32.0 Å².